The summed E-state index contributed by atoms with van der Waals surface area (Å²) in [5.41, 5.74) is 1.07. The van der Waals surface area contributed by atoms with E-state index in [0.29, 0.717) is 5.56 Å². The second-order valence-corrected chi connectivity index (χ2v) is 6.33. The second-order valence-electron chi connectivity index (χ2n) is 3.33. The fourth-order valence-corrected chi connectivity index (χ4v) is 1.62. The highest BCUT2D eigenvalue weighted by atomic mass is 32.2. The van der Waals surface area contributed by atoms with Crippen LogP contribution in [0.3, 0.4) is 0 Å². The Hall–Kier alpha value is -1.17. The number of benzene rings is 1. The molecule has 5 nitrogen and oxygen atoms in total. The van der Waals surface area contributed by atoms with Gasteiger partial charge in [0.1, 0.15) is 6.07 Å². The normalized spacial score (nSPS) is 12.3. The van der Waals surface area contributed by atoms with Crippen molar-refractivity contribution in [1.29, 1.82) is 5.26 Å². The molecule has 0 saturated heterocycles. The van der Waals surface area contributed by atoms with Crippen LogP contribution in [0.5, 0.6) is 0 Å². The molecule has 1 rings (SSSR count). The molecule has 0 spiro atoms. The summed E-state index contributed by atoms with van der Waals surface area (Å²) in [6.07, 6.45) is 0.847. The first-order valence-electron chi connectivity index (χ1n) is 4.66. The summed E-state index contributed by atoms with van der Waals surface area (Å²) in [7, 11) is -3.73. The SMILES string of the molecule is CS(=O)(=O)O/N=C(\C#N)c1cccc(C(S)S)c1. The molecule has 0 aliphatic carbocycles. The van der Waals surface area contributed by atoms with Crippen LogP contribution in [0.2, 0.25) is 0 Å². The molecule has 96 valence electrons. The summed E-state index contributed by atoms with van der Waals surface area (Å²) in [6.45, 7) is 0. The van der Waals surface area contributed by atoms with Gasteiger partial charge in [-0.25, -0.2) is 0 Å². The Kier molecular flexibility index (Phi) is 5.07. The minimum atomic E-state index is -3.73. The Morgan fingerprint density at radius 1 is 1.50 bits per heavy atom. The minimum absolute atomic E-state index is 0.135. The number of hydrogen-bond donors (Lipinski definition) is 2. The van der Waals surface area contributed by atoms with Crippen LogP contribution in [-0.2, 0) is 14.4 Å². The second kappa shape index (κ2) is 6.13. The van der Waals surface area contributed by atoms with E-state index in [1.807, 2.05) is 0 Å². The van der Waals surface area contributed by atoms with Gasteiger partial charge in [0, 0.05) is 5.56 Å². The van der Waals surface area contributed by atoms with E-state index in [1.165, 1.54) is 0 Å². The Balaban J connectivity index is 3.11. The molecule has 0 heterocycles. The zero-order valence-electron chi connectivity index (χ0n) is 9.31. The van der Waals surface area contributed by atoms with Crippen LogP contribution in [0, 0.1) is 11.3 Å². The van der Waals surface area contributed by atoms with Gasteiger partial charge in [-0.15, -0.1) is 0 Å². The number of nitrogens with zero attached hydrogens (tertiary/aromatic N) is 2. The van der Waals surface area contributed by atoms with Gasteiger partial charge in [0.05, 0.1) is 10.8 Å². The summed E-state index contributed by atoms with van der Waals surface area (Å²) in [4.78, 5) is 0. The van der Waals surface area contributed by atoms with Gasteiger partial charge < -0.3 is 0 Å². The number of oxime groups is 1. The van der Waals surface area contributed by atoms with Crippen molar-refractivity contribution in [3.63, 3.8) is 0 Å². The molecule has 0 bridgehead atoms. The maximum Gasteiger partial charge on any atom is 0.325 e. The summed E-state index contributed by atoms with van der Waals surface area (Å²) in [5.74, 6) is 0. The average Bonchev–Trinajstić information content (AvgIpc) is 2.28. The first kappa shape index (κ1) is 14.9. The summed E-state index contributed by atoms with van der Waals surface area (Å²) < 4.78 is 25.5. The van der Waals surface area contributed by atoms with E-state index in [4.69, 9.17) is 5.26 Å². The van der Waals surface area contributed by atoms with Crippen molar-refractivity contribution < 1.29 is 12.7 Å². The van der Waals surface area contributed by atoms with Crippen molar-refractivity contribution in [1.82, 2.24) is 0 Å². The molecule has 0 aliphatic rings. The number of thiol groups is 2. The van der Waals surface area contributed by atoms with Crippen LogP contribution in [0.15, 0.2) is 29.4 Å². The van der Waals surface area contributed by atoms with E-state index in [-0.39, 0.29) is 10.3 Å². The Morgan fingerprint density at radius 2 is 2.17 bits per heavy atom. The van der Waals surface area contributed by atoms with Crippen molar-refractivity contribution in [2.24, 2.45) is 5.16 Å². The van der Waals surface area contributed by atoms with Gasteiger partial charge in [0.15, 0.2) is 5.71 Å². The van der Waals surface area contributed by atoms with E-state index < -0.39 is 10.1 Å². The van der Waals surface area contributed by atoms with Crippen LogP contribution in [0.4, 0.5) is 0 Å². The van der Waals surface area contributed by atoms with Gasteiger partial charge in [0.25, 0.3) is 0 Å². The van der Waals surface area contributed by atoms with Crippen molar-refractivity contribution in [3.05, 3.63) is 35.4 Å². The molecule has 1 aromatic rings. The molecule has 0 N–H and O–H groups in total. The van der Waals surface area contributed by atoms with E-state index >= 15 is 0 Å². The fourth-order valence-electron chi connectivity index (χ4n) is 1.09. The average molecular weight is 302 g/mol. The molecule has 0 fully saturated rings. The van der Waals surface area contributed by atoms with Gasteiger partial charge >= 0.3 is 10.1 Å². The fraction of sp³-hybridized carbons (Fsp3) is 0.200. The maximum atomic E-state index is 10.8. The lowest BCUT2D eigenvalue weighted by molar-refractivity contribution is 0.344. The third kappa shape index (κ3) is 4.60. The van der Waals surface area contributed by atoms with Crippen LogP contribution in [0.25, 0.3) is 0 Å². The largest absolute Gasteiger partial charge is 0.325 e. The van der Waals surface area contributed by atoms with Gasteiger partial charge in [-0.2, -0.15) is 38.9 Å². The maximum absolute atomic E-state index is 10.8. The lowest BCUT2D eigenvalue weighted by Gasteiger charge is -2.05. The van der Waals surface area contributed by atoms with E-state index in [9.17, 15) is 8.42 Å². The van der Waals surface area contributed by atoms with Gasteiger partial charge in [-0.1, -0.05) is 23.4 Å². The van der Waals surface area contributed by atoms with Crippen LogP contribution in [-0.4, -0.2) is 20.4 Å². The van der Waals surface area contributed by atoms with Crippen LogP contribution in [0.1, 0.15) is 15.7 Å². The Bertz CT molecular complexity index is 603. The van der Waals surface area contributed by atoms with Crippen LogP contribution < -0.4 is 0 Å². The van der Waals surface area contributed by atoms with Gasteiger partial charge in [-0.05, 0) is 11.6 Å². The molecule has 0 atom stereocenters. The summed E-state index contributed by atoms with van der Waals surface area (Å²) in [5, 5.41) is 12.2. The molecular weight excluding hydrogens is 292 g/mol. The van der Waals surface area contributed by atoms with E-state index in [2.05, 4.69) is 34.7 Å². The highest BCUT2D eigenvalue weighted by Gasteiger charge is 2.09. The first-order valence-corrected chi connectivity index (χ1v) is 7.51. The van der Waals surface area contributed by atoms with E-state index in [1.54, 1.807) is 30.3 Å². The first-order chi connectivity index (χ1) is 8.33. The quantitative estimate of drug-likeness (QED) is 0.384. The monoisotopic (exact) mass is 302 g/mol. The van der Waals surface area contributed by atoms with Crippen molar-refractivity contribution in [3.8, 4) is 6.07 Å². The Labute approximate surface area is 116 Å². The zero-order chi connectivity index (χ0) is 13.8. The highest BCUT2D eigenvalue weighted by molar-refractivity contribution is 7.98. The Morgan fingerprint density at radius 3 is 2.67 bits per heavy atom. The zero-order valence-corrected chi connectivity index (χ0v) is 11.9. The van der Waals surface area contributed by atoms with Crippen LogP contribution >= 0.6 is 25.3 Å². The molecule has 0 amide bonds. The minimum Gasteiger partial charge on any atom is -0.267 e. The molecule has 0 unspecified atom stereocenters. The number of hydrogen-bond acceptors (Lipinski definition) is 7. The lowest BCUT2D eigenvalue weighted by atomic mass is 10.1. The molecule has 0 aliphatic heterocycles. The van der Waals surface area contributed by atoms with Gasteiger partial charge in [0.2, 0.25) is 0 Å². The molecule has 8 heteroatoms. The summed E-state index contributed by atoms with van der Waals surface area (Å²) in [6, 6.07) is 8.49. The lowest BCUT2D eigenvalue weighted by Crippen LogP contribution is -2.03. The smallest absolute Gasteiger partial charge is 0.267 e. The standard InChI is InChI=1S/C10H10N2O3S3/c1-18(13,14)15-12-9(6-11)7-3-2-4-8(5-7)10(16)17/h2-5,10,16-17H,1H3/b12-9+. The predicted molar refractivity (Wildman–Crippen MR) is 75.2 cm³/mol. The molecular formula is C10H10N2O3S3. The number of nitriles is 1. The molecule has 1 aromatic carbocycles. The third-order valence-corrected chi connectivity index (χ3v) is 2.77. The van der Waals surface area contributed by atoms with Crippen molar-refractivity contribution in [2.75, 3.05) is 6.26 Å². The van der Waals surface area contributed by atoms with E-state index in [0.717, 1.165) is 11.8 Å². The number of rotatable bonds is 4. The third-order valence-electron chi connectivity index (χ3n) is 1.83. The van der Waals surface area contributed by atoms with Crippen molar-refractivity contribution in [2.45, 2.75) is 4.58 Å². The highest BCUT2D eigenvalue weighted by Crippen LogP contribution is 2.24. The molecule has 0 saturated carbocycles. The summed E-state index contributed by atoms with van der Waals surface area (Å²) >= 11 is 8.29. The predicted octanol–water partition coefficient (Wildman–Crippen LogP) is 1.75. The molecule has 18 heavy (non-hydrogen) atoms. The molecule has 0 radical (unpaired) electrons. The van der Waals surface area contributed by atoms with Crippen molar-refractivity contribution >= 4 is 41.1 Å². The molecule has 0 aromatic heterocycles. The van der Waals surface area contributed by atoms with Gasteiger partial charge in [-0.3, -0.25) is 4.28 Å². The topological polar surface area (TPSA) is 79.5 Å².